The van der Waals surface area contributed by atoms with Gasteiger partial charge in [0, 0.05) is 25.1 Å². The van der Waals surface area contributed by atoms with Crippen molar-refractivity contribution < 1.29 is 31.5 Å². The van der Waals surface area contributed by atoms with Crippen molar-refractivity contribution in [2.45, 2.75) is 43.7 Å². The molecule has 0 aliphatic carbocycles. The molecule has 0 aliphatic rings. The molecule has 0 saturated carbocycles. The van der Waals surface area contributed by atoms with Crippen LogP contribution in [0.2, 0.25) is 0 Å². The highest BCUT2D eigenvalue weighted by Gasteiger charge is 2.35. The standard InChI is InChI=1S/C35H37F2N3O5S/c1-3-4-22-38-35(42)33(23-26-10-6-5-7-11-26)39(24-27-12-8-9-13-32(27)37)34(41)25-40(29-16-14-28(36)15-17-29)46(43,44)31-20-18-30(45-2)19-21-31/h5-21,33H,3-4,22-25H2,1-2H3,(H,38,42)/t33-/m0/s1. The van der Waals surface area contributed by atoms with Crippen LogP contribution in [0.25, 0.3) is 0 Å². The number of ether oxygens (including phenoxy) is 1. The molecule has 0 unspecified atom stereocenters. The zero-order valence-corrected chi connectivity index (χ0v) is 26.6. The highest BCUT2D eigenvalue weighted by molar-refractivity contribution is 7.92. The lowest BCUT2D eigenvalue weighted by atomic mass is 10.0. The molecule has 0 heterocycles. The minimum absolute atomic E-state index is 0.0309. The Labute approximate surface area is 268 Å². The van der Waals surface area contributed by atoms with Crippen LogP contribution >= 0.6 is 0 Å². The van der Waals surface area contributed by atoms with Gasteiger partial charge in [-0.05, 0) is 66.6 Å². The molecule has 2 amide bonds. The van der Waals surface area contributed by atoms with E-state index in [1.54, 1.807) is 6.07 Å². The smallest absolute Gasteiger partial charge is 0.264 e. The maximum atomic E-state index is 15.0. The maximum absolute atomic E-state index is 15.0. The van der Waals surface area contributed by atoms with Crippen molar-refractivity contribution >= 4 is 27.5 Å². The van der Waals surface area contributed by atoms with Crippen molar-refractivity contribution in [1.82, 2.24) is 10.2 Å². The topological polar surface area (TPSA) is 96.0 Å². The molecule has 4 aromatic carbocycles. The number of nitrogens with one attached hydrogen (secondary N) is 1. The number of hydrogen-bond acceptors (Lipinski definition) is 5. The molecule has 46 heavy (non-hydrogen) atoms. The third kappa shape index (κ3) is 8.69. The minimum atomic E-state index is -4.39. The van der Waals surface area contributed by atoms with Crippen LogP contribution in [0.5, 0.6) is 5.75 Å². The fourth-order valence-electron chi connectivity index (χ4n) is 4.88. The molecule has 4 rings (SSSR count). The maximum Gasteiger partial charge on any atom is 0.264 e. The first-order valence-electron chi connectivity index (χ1n) is 14.9. The van der Waals surface area contributed by atoms with Crippen LogP contribution in [0, 0.1) is 11.6 Å². The van der Waals surface area contributed by atoms with E-state index in [1.165, 1.54) is 66.6 Å². The van der Waals surface area contributed by atoms with E-state index in [1.807, 2.05) is 37.3 Å². The zero-order chi connectivity index (χ0) is 33.1. The highest BCUT2D eigenvalue weighted by Crippen LogP contribution is 2.27. The average Bonchev–Trinajstić information content (AvgIpc) is 3.07. The van der Waals surface area contributed by atoms with Crippen molar-refractivity contribution in [2.24, 2.45) is 0 Å². The van der Waals surface area contributed by atoms with E-state index in [2.05, 4.69) is 5.32 Å². The fourth-order valence-corrected chi connectivity index (χ4v) is 6.30. The van der Waals surface area contributed by atoms with Crippen LogP contribution in [0.15, 0.2) is 108 Å². The summed E-state index contributed by atoms with van der Waals surface area (Å²) in [5.74, 6) is -1.95. The summed E-state index contributed by atoms with van der Waals surface area (Å²) in [7, 11) is -2.94. The Morgan fingerprint density at radius 3 is 2.15 bits per heavy atom. The summed E-state index contributed by atoms with van der Waals surface area (Å²) >= 11 is 0. The Bertz CT molecular complexity index is 1700. The number of unbranched alkanes of at least 4 members (excludes halogenated alkanes) is 1. The van der Waals surface area contributed by atoms with Crippen LogP contribution < -0.4 is 14.4 Å². The van der Waals surface area contributed by atoms with Crippen LogP contribution in [-0.2, 0) is 32.6 Å². The molecule has 0 aliphatic heterocycles. The normalized spacial score (nSPS) is 11.8. The average molecular weight is 650 g/mol. The molecular formula is C35H37F2N3O5S. The number of methoxy groups -OCH3 is 1. The number of hydrogen-bond donors (Lipinski definition) is 1. The highest BCUT2D eigenvalue weighted by atomic mass is 32.2. The van der Waals surface area contributed by atoms with Gasteiger partial charge in [-0.25, -0.2) is 17.2 Å². The van der Waals surface area contributed by atoms with Crippen molar-refractivity contribution in [1.29, 1.82) is 0 Å². The Hall–Kier alpha value is -4.77. The summed E-state index contributed by atoms with van der Waals surface area (Å²) in [4.78, 5) is 29.2. The summed E-state index contributed by atoms with van der Waals surface area (Å²) in [6, 6.07) is 24.2. The number of carbonyl (C=O) groups is 2. The number of sulfonamides is 1. The second-order valence-electron chi connectivity index (χ2n) is 10.6. The molecule has 0 fully saturated rings. The third-order valence-electron chi connectivity index (χ3n) is 7.44. The molecular weight excluding hydrogens is 612 g/mol. The number of carbonyl (C=O) groups excluding carboxylic acids is 2. The van der Waals surface area contributed by atoms with Crippen LogP contribution in [-0.4, -0.2) is 51.4 Å². The molecule has 4 aromatic rings. The van der Waals surface area contributed by atoms with E-state index >= 15 is 4.39 Å². The molecule has 11 heteroatoms. The van der Waals surface area contributed by atoms with Gasteiger partial charge >= 0.3 is 0 Å². The number of anilines is 1. The molecule has 242 valence electrons. The summed E-state index contributed by atoms with van der Waals surface area (Å²) in [5, 5.41) is 2.89. The van der Waals surface area contributed by atoms with E-state index < -0.39 is 46.1 Å². The number of amides is 2. The lowest BCUT2D eigenvalue weighted by molar-refractivity contribution is -0.140. The number of halogens is 2. The van der Waals surface area contributed by atoms with Gasteiger partial charge in [0.2, 0.25) is 11.8 Å². The fraction of sp³-hybridized carbons (Fsp3) is 0.257. The van der Waals surface area contributed by atoms with Crippen molar-refractivity contribution in [3.05, 3.63) is 126 Å². The van der Waals surface area contributed by atoms with Crippen LogP contribution in [0.3, 0.4) is 0 Å². The number of benzene rings is 4. The van der Waals surface area contributed by atoms with Gasteiger partial charge in [-0.2, -0.15) is 0 Å². The Kier molecular flexibility index (Phi) is 11.9. The SMILES string of the molecule is CCCCNC(=O)[C@H](Cc1ccccc1)N(Cc1ccccc1F)C(=O)CN(c1ccc(F)cc1)S(=O)(=O)c1ccc(OC)cc1. The van der Waals surface area contributed by atoms with Gasteiger partial charge in [0.25, 0.3) is 10.0 Å². The largest absolute Gasteiger partial charge is 0.497 e. The molecule has 0 aromatic heterocycles. The quantitative estimate of drug-likeness (QED) is 0.166. The van der Waals surface area contributed by atoms with Crippen LogP contribution in [0.4, 0.5) is 14.5 Å². The van der Waals surface area contributed by atoms with E-state index in [-0.39, 0.29) is 29.1 Å². The molecule has 1 N–H and O–H groups in total. The van der Waals surface area contributed by atoms with Gasteiger partial charge in [0.05, 0.1) is 17.7 Å². The first-order chi connectivity index (χ1) is 22.1. The van der Waals surface area contributed by atoms with Crippen molar-refractivity contribution in [3.8, 4) is 5.75 Å². The lowest BCUT2D eigenvalue weighted by Crippen LogP contribution is -2.53. The molecule has 0 spiro atoms. The predicted molar refractivity (Wildman–Crippen MR) is 173 cm³/mol. The Balaban J connectivity index is 1.79. The number of nitrogens with zero attached hydrogens (tertiary/aromatic N) is 2. The molecule has 0 saturated heterocycles. The molecule has 0 bridgehead atoms. The van der Waals surface area contributed by atoms with Gasteiger partial charge < -0.3 is 15.0 Å². The van der Waals surface area contributed by atoms with Gasteiger partial charge in [-0.15, -0.1) is 0 Å². The van der Waals surface area contributed by atoms with Gasteiger partial charge in [0.1, 0.15) is 30.0 Å². The van der Waals surface area contributed by atoms with Gasteiger partial charge in [-0.3, -0.25) is 13.9 Å². The summed E-state index contributed by atoms with van der Waals surface area (Å²) in [5.41, 5.74) is 0.941. The molecule has 0 radical (unpaired) electrons. The third-order valence-corrected chi connectivity index (χ3v) is 9.23. The van der Waals surface area contributed by atoms with Crippen LogP contribution in [0.1, 0.15) is 30.9 Å². The summed E-state index contributed by atoms with van der Waals surface area (Å²) in [6.07, 6.45) is 1.64. The van der Waals surface area contributed by atoms with Gasteiger partial charge in [0.15, 0.2) is 0 Å². The van der Waals surface area contributed by atoms with E-state index in [4.69, 9.17) is 4.74 Å². The van der Waals surface area contributed by atoms with E-state index in [0.29, 0.717) is 18.7 Å². The number of rotatable bonds is 15. The Morgan fingerprint density at radius 2 is 1.52 bits per heavy atom. The lowest BCUT2D eigenvalue weighted by Gasteiger charge is -2.34. The minimum Gasteiger partial charge on any atom is -0.497 e. The Morgan fingerprint density at radius 1 is 0.870 bits per heavy atom. The van der Waals surface area contributed by atoms with E-state index in [9.17, 15) is 22.4 Å². The summed E-state index contributed by atoms with van der Waals surface area (Å²) in [6.45, 7) is 1.30. The second-order valence-corrected chi connectivity index (χ2v) is 12.5. The zero-order valence-electron chi connectivity index (χ0n) is 25.7. The molecule has 8 nitrogen and oxygen atoms in total. The predicted octanol–water partition coefficient (Wildman–Crippen LogP) is 5.73. The van der Waals surface area contributed by atoms with Gasteiger partial charge in [-0.1, -0.05) is 61.9 Å². The van der Waals surface area contributed by atoms with E-state index in [0.717, 1.165) is 28.4 Å². The van der Waals surface area contributed by atoms with Crippen molar-refractivity contribution in [3.63, 3.8) is 0 Å². The monoisotopic (exact) mass is 649 g/mol. The summed E-state index contributed by atoms with van der Waals surface area (Å²) < 4.78 is 63.0. The van der Waals surface area contributed by atoms with Crippen molar-refractivity contribution in [2.75, 3.05) is 24.5 Å². The molecule has 1 atom stereocenters. The first-order valence-corrected chi connectivity index (χ1v) is 16.3. The first kappa shape index (κ1) is 34.1. The second kappa shape index (κ2) is 16.0.